The lowest BCUT2D eigenvalue weighted by atomic mass is 9.85. The highest BCUT2D eigenvalue weighted by atomic mass is 16.4. The minimum absolute atomic E-state index is 0.0899. The topological polar surface area (TPSA) is 107 Å². The summed E-state index contributed by atoms with van der Waals surface area (Å²) in [6.07, 6.45) is 6.00. The molecule has 0 aromatic rings. The van der Waals surface area contributed by atoms with Gasteiger partial charge in [-0.1, -0.05) is 12.8 Å². The Bertz CT molecular complexity index is 676. The van der Waals surface area contributed by atoms with E-state index in [1.165, 1.54) is 4.90 Å². The normalized spacial score (nSPS) is 36.9. The first-order valence-corrected chi connectivity index (χ1v) is 9.51. The number of carboxylic acid groups (broad SMARTS) is 1. The number of hydrogen-bond acceptors (Lipinski definition) is 4. The van der Waals surface area contributed by atoms with Gasteiger partial charge in [-0.25, -0.2) is 9.59 Å². The maximum Gasteiger partial charge on any atom is 0.326 e. The van der Waals surface area contributed by atoms with Crippen molar-refractivity contribution in [2.24, 2.45) is 11.8 Å². The number of carboxylic acids is 1. The first-order valence-electron chi connectivity index (χ1n) is 9.51. The Morgan fingerprint density at radius 1 is 1.19 bits per heavy atom. The standard InChI is InChI=1S/C18H25N3O5/c1-18(11-6-7-11)16(25)20(17(26)19-18)9-14(22)21-12-5-3-2-4-10(12)8-13(21)15(23)24/h10-13H,2-9H2,1H3,(H,19,26)(H,23,24)/t10-,12+,13+,18-/m1/s1. The lowest BCUT2D eigenvalue weighted by Gasteiger charge is -2.33. The van der Waals surface area contributed by atoms with Gasteiger partial charge in [0.15, 0.2) is 0 Å². The molecule has 0 radical (unpaired) electrons. The number of fused-ring (bicyclic) bond motifs is 1. The summed E-state index contributed by atoms with van der Waals surface area (Å²) in [5, 5.41) is 12.3. The molecule has 2 N–H and O–H groups in total. The van der Waals surface area contributed by atoms with E-state index in [-0.39, 0.29) is 30.3 Å². The molecule has 0 aromatic heterocycles. The van der Waals surface area contributed by atoms with Gasteiger partial charge < -0.3 is 15.3 Å². The molecule has 4 rings (SSSR count). The largest absolute Gasteiger partial charge is 0.480 e. The van der Waals surface area contributed by atoms with Crippen LogP contribution in [0.2, 0.25) is 0 Å². The number of hydrogen-bond donors (Lipinski definition) is 2. The lowest BCUT2D eigenvalue weighted by molar-refractivity contribution is -0.150. The smallest absolute Gasteiger partial charge is 0.326 e. The van der Waals surface area contributed by atoms with Crippen molar-refractivity contribution in [3.05, 3.63) is 0 Å². The Morgan fingerprint density at radius 3 is 2.54 bits per heavy atom. The highest BCUT2D eigenvalue weighted by Gasteiger charge is 2.57. The first kappa shape index (κ1) is 17.3. The summed E-state index contributed by atoms with van der Waals surface area (Å²) in [5.74, 6) is -1.48. The van der Waals surface area contributed by atoms with Crippen molar-refractivity contribution in [1.29, 1.82) is 0 Å². The van der Waals surface area contributed by atoms with E-state index in [0.29, 0.717) is 6.42 Å². The predicted octanol–water partition coefficient (Wildman–Crippen LogP) is 0.951. The average Bonchev–Trinajstić information content (AvgIpc) is 3.34. The molecule has 0 aromatic carbocycles. The third kappa shape index (κ3) is 2.57. The van der Waals surface area contributed by atoms with Gasteiger partial charge in [-0.3, -0.25) is 14.5 Å². The van der Waals surface area contributed by atoms with Gasteiger partial charge in [-0.05, 0) is 50.9 Å². The Morgan fingerprint density at radius 2 is 1.88 bits per heavy atom. The Labute approximate surface area is 151 Å². The molecule has 2 saturated heterocycles. The van der Waals surface area contributed by atoms with E-state index in [9.17, 15) is 24.3 Å². The fourth-order valence-corrected chi connectivity index (χ4v) is 5.05. The SMILES string of the molecule is C[C@]1(C2CC2)NC(=O)N(CC(=O)N2[C@H](C(=O)O)C[C@H]3CCCC[C@@H]32)C1=O. The summed E-state index contributed by atoms with van der Waals surface area (Å²) >= 11 is 0. The number of carbonyl (C=O) groups is 4. The van der Waals surface area contributed by atoms with Crippen LogP contribution in [-0.2, 0) is 14.4 Å². The number of rotatable bonds is 4. The van der Waals surface area contributed by atoms with E-state index in [0.717, 1.165) is 43.4 Å². The van der Waals surface area contributed by atoms with Gasteiger partial charge in [-0.2, -0.15) is 0 Å². The first-order chi connectivity index (χ1) is 12.3. The van der Waals surface area contributed by atoms with Gasteiger partial charge in [0.2, 0.25) is 5.91 Å². The molecule has 4 aliphatic rings. The van der Waals surface area contributed by atoms with E-state index < -0.39 is 29.5 Å². The molecule has 4 atom stereocenters. The van der Waals surface area contributed by atoms with Crippen molar-refractivity contribution in [3.63, 3.8) is 0 Å². The van der Waals surface area contributed by atoms with E-state index in [2.05, 4.69) is 5.32 Å². The maximum atomic E-state index is 12.9. The maximum absolute atomic E-state index is 12.9. The van der Waals surface area contributed by atoms with Crippen LogP contribution in [0.25, 0.3) is 0 Å². The second kappa shape index (κ2) is 5.96. The van der Waals surface area contributed by atoms with Crippen molar-refractivity contribution in [2.45, 2.75) is 69.5 Å². The zero-order chi connectivity index (χ0) is 18.6. The number of carbonyl (C=O) groups excluding carboxylic acids is 3. The van der Waals surface area contributed by atoms with Gasteiger partial charge in [0.05, 0.1) is 0 Å². The van der Waals surface area contributed by atoms with Gasteiger partial charge in [0.1, 0.15) is 18.1 Å². The number of amides is 4. The van der Waals surface area contributed by atoms with Crippen molar-refractivity contribution < 1.29 is 24.3 Å². The molecule has 2 saturated carbocycles. The molecule has 0 bridgehead atoms. The molecule has 2 aliphatic heterocycles. The van der Waals surface area contributed by atoms with Gasteiger partial charge in [0.25, 0.3) is 5.91 Å². The lowest BCUT2D eigenvalue weighted by Crippen LogP contribution is -2.51. The summed E-state index contributed by atoms with van der Waals surface area (Å²) in [4.78, 5) is 52.0. The molecule has 0 unspecified atom stereocenters. The Kier molecular flexibility index (Phi) is 3.96. The number of aliphatic carboxylic acids is 1. The molecule has 2 aliphatic carbocycles. The number of likely N-dealkylation sites (tertiary alicyclic amines) is 1. The van der Waals surface area contributed by atoms with Gasteiger partial charge >= 0.3 is 12.0 Å². The van der Waals surface area contributed by atoms with Crippen molar-refractivity contribution >= 4 is 23.8 Å². The predicted molar refractivity (Wildman–Crippen MR) is 90.0 cm³/mol. The number of nitrogens with one attached hydrogen (secondary N) is 1. The summed E-state index contributed by atoms with van der Waals surface area (Å²) < 4.78 is 0. The van der Waals surface area contributed by atoms with Crippen LogP contribution in [0.3, 0.4) is 0 Å². The van der Waals surface area contributed by atoms with Gasteiger partial charge in [0, 0.05) is 6.04 Å². The van der Waals surface area contributed by atoms with Crippen LogP contribution < -0.4 is 5.32 Å². The summed E-state index contributed by atoms with van der Waals surface area (Å²) in [6.45, 7) is 1.34. The summed E-state index contributed by atoms with van der Waals surface area (Å²) in [5.41, 5.74) is -0.929. The van der Waals surface area contributed by atoms with E-state index in [1.807, 2.05) is 0 Å². The van der Waals surface area contributed by atoms with Crippen LogP contribution in [0.4, 0.5) is 4.79 Å². The van der Waals surface area contributed by atoms with Crippen LogP contribution in [0.1, 0.15) is 51.9 Å². The van der Waals surface area contributed by atoms with Crippen molar-refractivity contribution in [3.8, 4) is 0 Å². The third-order valence-electron chi connectivity index (χ3n) is 6.65. The van der Waals surface area contributed by atoms with Crippen LogP contribution in [0, 0.1) is 11.8 Å². The van der Waals surface area contributed by atoms with Crippen LogP contribution >= 0.6 is 0 Å². The number of nitrogens with zero attached hydrogens (tertiary/aromatic N) is 2. The monoisotopic (exact) mass is 363 g/mol. The van der Waals surface area contributed by atoms with E-state index in [1.54, 1.807) is 6.92 Å². The van der Waals surface area contributed by atoms with Gasteiger partial charge in [-0.15, -0.1) is 0 Å². The molecular formula is C18H25N3O5. The van der Waals surface area contributed by atoms with Crippen LogP contribution in [0.15, 0.2) is 0 Å². The second-order valence-corrected chi connectivity index (χ2v) is 8.30. The average molecular weight is 363 g/mol. The highest BCUT2D eigenvalue weighted by molar-refractivity contribution is 6.09. The Balaban J connectivity index is 1.52. The third-order valence-corrected chi connectivity index (χ3v) is 6.65. The minimum atomic E-state index is -1.01. The summed E-state index contributed by atoms with van der Waals surface area (Å²) in [7, 11) is 0. The fraction of sp³-hybridized carbons (Fsp3) is 0.778. The van der Waals surface area contributed by atoms with E-state index >= 15 is 0 Å². The summed E-state index contributed by atoms with van der Waals surface area (Å²) in [6, 6.07) is -1.50. The van der Waals surface area contributed by atoms with Crippen molar-refractivity contribution in [1.82, 2.24) is 15.1 Å². The van der Waals surface area contributed by atoms with Crippen LogP contribution in [-0.4, -0.2) is 62.9 Å². The minimum Gasteiger partial charge on any atom is -0.480 e. The highest BCUT2D eigenvalue weighted by Crippen LogP contribution is 2.43. The molecular weight excluding hydrogens is 338 g/mol. The number of imide groups is 1. The molecule has 26 heavy (non-hydrogen) atoms. The molecule has 2 heterocycles. The second-order valence-electron chi connectivity index (χ2n) is 8.30. The molecule has 4 amide bonds. The fourth-order valence-electron chi connectivity index (χ4n) is 5.05. The quantitative estimate of drug-likeness (QED) is 0.723. The molecule has 8 heteroatoms. The molecule has 142 valence electrons. The zero-order valence-electron chi connectivity index (χ0n) is 14.9. The van der Waals surface area contributed by atoms with Crippen molar-refractivity contribution in [2.75, 3.05) is 6.54 Å². The Hall–Kier alpha value is -2.12. The molecule has 8 nitrogen and oxygen atoms in total. The zero-order valence-corrected chi connectivity index (χ0v) is 14.9. The molecule has 4 fully saturated rings. The van der Waals surface area contributed by atoms with Crippen LogP contribution in [0.5, 0.6) is 0 Å². The number of urea groups is 1. The molecule has 0 spiro atoms. The van der Waals surface area contributed by atoms with E-state index in [4.69, 9.17) is 0 Å².